The van der Waals surface area contributed by atoms with E-state index in [9.17, 15) is 14.9 Å². The maximum Gasteiger partial charge on any atom is 0.234 e. The number of nitriles is 1. The molecule has 174 valence electrons. The molecule has 1 amide bonds. The van der Waals surface area contributed by atoms with Crippen LogP contribution in [0.1, 0.15) is 38.2 Å². The minimum absolute atomic E-state index is 0.0539. The third kappa shape index (κ3) is 5.02. The number of nitrogens with zero attached hydrogens (tertiary/aromatic N) is 1. The fourth-order valence-corrected chi connectivity index (χ4v) is 5.34. The maximum absolute atomic E-state index is 13.3. The summed E-state index contributed by atoms with van der Waals surface area (Å²) in [4.78, 5) is 25.8. The van der Waals surface area contributed by atoms with Gasteiger partial charge >= 0.3 is 0 Å². The van der Waals surface area contributed by atoms with Crippen LogP contribution in [0.2, 0.25) is 0 Å². The topological polar surface area (TPSA) is 91.2 Å². The Morgan fingerprint density at radius 3 is 2.53 bits per heavy atom. The zero-order valence-electron chi connectivity index (χ0n) is 19.5. The van der Waals surface area contributed by atoms with E-state index in [-0.39, 0.29) is 22.9 Å². The molecule has 2 aromatic rings. The quantitative estimate of drug-likeness (QED) is 0.604. The van der Waals surface area contributed by atoms with Gasteiger partial charge in [-0.15, -0.1) is 0 Å². The van der Waals surface area contributed by atoms with E-state index >= 15 is 0 Å². The van der Waals surface area contributed by atoms with Gasteiger partial charge in [-0.1, -0.05) is 55.9 Å². The van der Waals surface area contributed by atoms with Crippen LogP contribution in [-0.2, 0) is 9.59 Å². The predicted molar refractivity (Wildman–Crippen MR) is 134 cm³/mol. The van der Waals surface area contributed by atoms with Crippen molar-refractivity contribution in [3.05, 3.63) is 82.0 Å². The lowest BCUT2D eigenvalue weighted by molar-refractivity contribution is -0.118. The van der Waals surface area contributed by atoms with Crippen molar-refractivity contribution in [2.75, 3.05) is 18.2 Å². The van der Waals surface area contributed by atoms with E-state index < -0.39 is 5.92 Å². The van der Waals surface area contributed by atoms with Crippen LogP contribution < -0.4 is 15.4 Å². The molecule has 0 saturated carbocycles. The molecule has 2 aromatic carbocycles. The summed E-state index contributed by atoms with van der Waals surface area (Å²) in [5.74, 6) is 0.257. The number of ether oxygens (including phenoxy) is 1. The van der Waals surface area contributed by atoms with Crippen molar-refractivity contribution in [1.82, 2.24) is 5.32 Å². The average Bonchev–Trinajstić information content (AvgIpc) is 2.81. The molecule has 0 aromatic heterocycles. The molecule has 0 fully saturated rings. The van der Waals surface area contributed by atoms with Crippen LogP contribution in [0, 0.1) is 16.7 Å². The molecule has 1 heterocycles. The maximum atomic E-state index is 13.3. The lowest BCUT2D eigenvalue weighted by atomic mass is 9.69. The number of carbonyl (C=O) groups excluding carboxylic acids is 2. The summed E-state index contributed by atoms with van der Waals surface area (Å²) in [6.45, 7) is 4.14. The van der Waals surface area contributed by atoms with Crippen LogP contribution in [0.25, 0.3) is 0 Å². The fraction of sp³-hybridized carbons (Fsp3) is 0.296. The Balaban J connectivity index is 1.66. The highest BCUT2D eigenvalue weighted by Gasteiger charge is 2.41. The van der Waals surface area contributed by atoms with Gasteiger partial charge in [-0.3, -0.25) is 9.59 Å². The number of hydrogen-bond donors (Lipinski definition) is 2. The highest BCUT2D eigenvalue weighted by Crippen LogP contribution is 2.48. The molecule has 0 radical (unpaired) electrons. The van der Waals surface area contributed by atoms with Gasteiger partial charge in [0, 0.05) is 23.4 Å². The van der Waals surface area contributed by atoms with Gasteiger partial charge in [0.25, 0.3) is 0 Å². The first-order valence-electron chi connectivity index (χ1n) is 11.1. The fourth-order valence-electron chi connectivity index (χ4n) is 4.48. The van der Waals surface area contributed by atoms with E-state index in [0.29, 0.717) is 34.8 Å². The van der Waals surface area contributed by atoms with Crippen molar-refractivity contribution in [1.29, 1.82) is 5.26 Å². The Kier molecular flexibility index (Phi) is 6.80. The van der Waals surface area contributed by atoms with E-state index in [1.807, 2.05) is 54.6 Å². The summed E-state index contributed by atoms with van der Waals surface area (Å²) in [6.07, 6.45) is 1.13. The number of hydrogen-bond acceptors (Lipinski definition) is 6. The van der Waals surface area contributed by atoms with Crippen LogP contribution in [0.3, 0.4) is 0 Å². The summed E-state index contributed by atoms with van der Waals surface area (Å²) in [5.41, 5.74) is 3.34. The van der Waals surface area contributed by atoms with Gasteiger partial charge in [-0.25, -0.2) is 0 Å². The summed E-state index contributed by atoms with van der Waals surface area (Å²) >= 11 is 1.28. The second kappa shape index (κ2) is 9.78. The van der Waals surface area contributed by atoms with Crippen LogP contribution in [0.4, 0.5) is 5.69 Å². The number of rotatable bonds is 6. The molecule has 6 nitrogen and oxygen atoms in total. The molecule has 2 N–H and O–H groups in total. The van der Waals surface area contributed by atoms with Gasteiger partial charge in [0.1, 0.15) is 5.75 Å². The van der Waals surface area contributed by atoms with E-state index in [2.05, 4.69) is 30.6 Å². The van der Waals surface area contributed by atoms with Gasteiger partial charge in [0.05, 0.1) is 35.5 Å². The monoisotopic (exact) mass is 473 g/mol. The number of Topliss-reactive ketones (excluding diaryl/α,β-unsaturated/α-hetero) is 1. The summed E-state index contributed by atoms with van der Waals surface area (Å²) in [5, 5.41) is 17.0. The highest BCUT2D eigenvalue weighted by molar-refractivity contribution is 8.03. The van der Waals surface area contributed by atoms with Gasteiger partial charge in [0.15, 0.2) is 5.78 Å². The van der Waals surface area contributed by atoms with Gasteiger partial charge in [-0.2, -0.15) is 5.26 Å². The number of carbonyl (C=O) groups is 2. The lowest BCUT2D eigenvalue weighted by Gasteiger charge is -2.39. The van der Waals surface area contributed by atoms with Crippen LogP contribution in [-0.4, -0.2) is 24.6 Å². The number of dihydropyridines is 1. The average molecular weight is 474 g/mol. The first kappa shape index (κ1) is 23.7. The Morgan fingerprint density at radius 1 is 1.18 bits per heavy atom. The Morgan fingerprint density at radius 2 is 1.88 bits per heavy atom. The first-order chi connectivity index (χ1) is 16.3. The number of ketones is 1. The van der Waals surface area contributed by atoms with Crippen LogP contribution >= 0.6 is 11.8 Å². The van der Waals surface area contributed by atoms with Crippen LogP contribution in [0.15, 0.2) is 76.5 Å². The normalized spacial score (nSPS) is 19.1. The van der Waals surface area contributed by atoms with E-state index in [1.165, 1.54) is 11.8 Å². The molecule has 1 unspecified atom stereocenters. The third-order valence-electron chi connectivity index (χ3n) is 5.98. The van der Waals surface area contributed by atoms with E-state index in [1.54, 1.807) is 7.11 Å². The predicted octanol–water partition coefficient (Wildman–Crippen LogP) is 5.13. The Labute approximate surface area is 204 Å². The molecular formula is C27H27N3O3S. The lowest BCUT2D eigenvalue weighted by Crippen LogP contribution is -2.37. The summed E-state index contributed by atoms with van der Waals surface area (Å²) < 4.78 is 5.28. The number of anilines is 1. The molecule has 1 aliphatic carbocycles. The van der Waals surface area contributed by atoms with Crippen molar-refractivity contribution in [2.24, 2.45) is 5.41 Å². The van der Waals surface area contributed by atoms with E-state index in [4.69, 9.17) is 4.74 Å². The molecule has 4 rings (SSSR count). The number of thioether (sulfide) groups is 1. The van der Waals surface area contributed by atoms with Gasteiger partial charge < -0.3 is 15.4 Å². The van der Waals surface area contributed by atoms with E-state index in [0.717, 1.165) is 16.9 Å². The molecule has 0 spiro atoms. The highest BCUT2D eigenvalue weighted by atomic mass is 32.2. The second-order valence-corrected chi connectivity index (χ2v) is 10.2. The van der Waals surface area contributed by atoms with Crippen molar-refractivity contribution in [3.8, 4) is 11.8 Å². The number of nitrogens with one attached hydrogen (secondary N) is 2. The minimum Gasteiger partial charge on any atom is -0.497 e. The van der Waals surface area contributed by atoms with Crippen molar-refractivity contribution in [3.63, 3.8) is 0 Å². The molecule has 34 heavy (non-hydrogen) atoms. The molecule has 1 atom stereocenters. The molecular weight excluding hydrogens is 446 g/mol. The van der Waals surface area contributed by atoms with Gasteiger partial charge in [-0.05, 0) is 41.7 Å². The summed E-state index contributed by atoms with van der Waals surface area (Å²) in [6, 6.07) is 19.1. The van der Waals surface area contributed by atoms with Crippen molar-refractivity contribution >= 4 is 29.1 Å². The molecule has 7 heteroatoms. The largest absolute Gasteiger partial charge is 0.497 e. The first-order valence-corrected chi connectivity index (χ1v) is 12.1. The zero-order valence-corrected chi connectivity index (χ0v) is 20.3. The minimum atomic E-state index is -0.476. The standard InChI is InChI=1S/C27H27N3O3S/c1-27(2)13-21-25(22(31)14-27)24(17-9-11-19(33-3)12-10-17)20(15-28)26(30-21)34-16-23(32)29-18-7-5-4-6-8-18/h4-12,24,30H,13-14,16H2,1-3H3,(H,29,32). The SMILES string of the molecule is COc1ccc(C2C(C#N)=C(SCC(=O)Nc3ccccc3)NC3=C2C(=O)CC(C)(C)C3)cc1. The van der Waals surface area contributed by atoms with Crippen molar-refractivity contribution in [2.45, 2.75) is 32.6 Å². The molecule has 1 aliphatic heterocycles. The number of methoxy groups -OCH3 is 1. The zero-order chi connectivity index (χ0) is 24.3. The number of allylic oxidation sites excluding steroid dienone is 3. The number of amides is 1. The van der Waals surface area contributed by atoms with Gasteiger partial charge in [0.2, 0.25) is 5.91 Å². The Hall–Kier alpha value is -3.50. The van der Waals surface area contributed by atoms with Crippen molar-refractivity contribution < 1.29 is 14.3 Å². The third-order valence-corrected chi connectivity index (χ3v) is 7.00. The molecule has 0 saturated heterocycles. The molecule has 0 bridgehead atoms. The Bertz CT molecular complexity index is 1210. The second-order valence-electron chi connectivity index (χ2n) is 9.22. The number of benzene rings is 2. The molecule has 2 aliphatic rings. The summed E-state index contributed by atoms with van der Waals surface area (Å²) in [7, 11) is 1.60. The number of para-hydroxylation sites is 1. The van der Waals surface area contributed by atoms with Crippen LogP contribution in [0.5, 0.6) is 5.75 Å². The smallest absolute Gasteiger partial charge is 0.234 e.